The highest BCUT2D eigenvalue weighted by molar-refractivity contribution is 5.78. The SMILES string of the molecule is CN(C)CCCN=C(N)NC(C)(C)C. The molecule has 14 heavy (non-hydrogen) atoms. The summed E-state index contributed by atoms with van der Waals surface area (Å²) in [5, 5.41) is 3.12. The van der Waals surface area contributed by atoms with Crippen molar-refractivity contribution >= 4 is 5.96 Å². The van der Waals surface area contributed by atoms with Crippen LogP contribution in [0.2, 0.25) is 0 Å². The van der Waals surface area contributed by atoms with Gasteiger partial charge < -0.3 is 16.0 Å². The summed E-state index contributed by atoms with van der Waals surface area (Å²) in [6, 6.07) is 0. The van der Waals surface area contributed by atoms with Crippen LogP contribution < -0.4 is 11.1 Å². The Hall–Kier alpha value is -0.770. The summed E-state index contributed by atoms with van der Waals surface area (Å²) in [6.45, 7) is 8.03. The Labute approximate surface area is 87.6 Å². The molecule has 0 aromatic carbocycles. The number of hydrogen-bond donors (Lipinski definition) is 2. The average Bonchev–Trinajstić information content (AvgIpc) is 1.94. The molecule has 0 aromatic heterocycles. The lowest BCUT2D eigenvalue weighted by Gasteiger charge is -2.21. The molecule has 0 spiro atoms. The molecule has 0 aliphatic rings. The van der Waals surface area contributed by atoms with Gasteiger partial charge in [0.1, 0.15) is 0 Å². The van der Waals surface area contributed by atoms with Gasteiger partial charge in [-0.25, -0.2) is 0 Å². The molecule has 0 aromatic rings. The standard InChI is InChI=1S/C10H24N4/c1-10(2,3)13-9(11)12-7-6-8-14(4)5/h6-8H2,1-5H3,(H3,11,12,13). The lowest BCUT2D eigenvalue weighted by atomic mass is 10.1. The van der Waals surface area contributed by atoms with Crippen LogP contribution in [0, 0.1) is 0 Å². The summed E-state index contributed by atoms with van der Waals surface area (Å²) in [7, 11) is 4.11. The molecule has 0 saturated carbocycles. The Morgan fingerprint density at radius 3 is 2.36 bits per heavy atom. The van der Waals surface area contributed by atoms with Gasteiger partial charge in [-0.2, -0.15) is 0 Å². The number of nitrogens with two attached hydrogens (primary N) is 1. The van der Waals surface area contributed by atoms with Crippen molar-refractivity contribution in [1.82, 2.24) is 10.2 Å². The van der Waals surface area contributed by atoms with Crippen LogP contribution >= 0.6 is 0 Å². The van der Waals surface area contributed by atoms with E-state index in [1.807, 2.05) is 0 Å². The van der Waals surface area contributed by atoms with Crippen molar-refractivity contribution in [3.8, 4) is 0 Å². The van der Waals surface area contributed by atoms with Crippen molar-refractivity contribution in [2.75, 3.05) is 27.2 Å². The first-order valence-corrected chi connectivity index (χ1v) is 5.04. The molecule has 0 radical (unpaired) electrons. The van der Waals surface area contributed by atoms with Crippen molar-refractivity contribution in [3.05, 3.63) is 0 Å². The van der Waals surface area contributed by atoms with Gasteiger partial charge in [0.05, 0.1) is 0 Å². The normalized spacial score (nSPS) is 13.4. The largest absolute Gasteiger partial charge is 0.370 e. The molecule has 0 unspecified atom stereocenters. The summed E-state index contributed by atoms with van der Waals surface area (Å²) in [5.41, 5.74) is 5.70. The van der Waals surface area contributed by atoms with E-state index in [-0.39, 0.29) is 5.54 Å². The van der Waals surface area contributed by atoms with Crippen LogP contribution in [0.15, 0.2) is 4.99 Å². The lowest BCUT2D eigenvalue weighted by molar-refractivity contribution is 0.403. The molecular formula is C10H24N4. The molecule has 0 fully saturated rings. The van der Waals surface area contributed by atoms with Gasteiger partial charge in [-0.1, -0.05) is 0 Å². The fourth-order valence-corrected chi connectivity index (χ4v) is 1.01. The first-order valence-electron chi connectivity index (χ1n) is 5.04. The van der Waals surface area contributed by atoms with E-state index in [2.05, 4.69) is 50.1 Å². The minimum atomic E-state index is -0.00483. The Morgan fingerprint density at radius 2 is 1.93 bits per heavy atom. The fraction of sp³-hybridized carbons (Fsp3) is 0.900. The predicted molar refractivity (Wildman–Crippen MR) is 62.5 cm³/mol. The van der Waals surface area contributed by atoms with Gasteiger partial charge in [0.2, 0.25) is 0 Å². The van der Waals surface area contributed by atoms with Crippen LogP contribution in [0.25, 0.3) is 0 Å². The van der Waals surface area contributed by atoms with Gasteiger partial charge in [0.25, 0.3) is 0 Å². The Balaban J connectivity index is 3.67. The summed E-state index contributed by atoms with van der Waals surface area (Å²) in [6.07, 6.45) is 1.04. The molecule has 4 heteroatoms. The van der Waals surface area contributed by atoms with Crippen LogP contribution in [0.3, 0.4) is 0 Å². The second-order valence-corrected chi connectivity index (χ2v) is 4.80. The van der Waals surface area contributed by atoms with Gasteiger partial charge in [-0.3, -0.25) is 4.99 Å². The van der Waals surface area contributed by atoms with Gasteiger partial charge >= 0.3 is 0 Å². The molecule has 3 N–H and O–H groups in total. The molecule has 0 amide bonds. The second-order valence-electron chi connectivity index (χ2n) is 4.80. The van der Waals surface area contributed by atoms with Gasteiger partial charge in [0.15, 0.2) is 5.96 Å². The average molecular weight is 200 g/mol. The third-order valence-electron chi connectivity index (χ3n) is 1.55. The number of rotatable bonds is 4. The maximum atomic E-state index is 5.70. The van der Waals surface area contributed by atoms with Crippen molar-refractivity contribution in [2.24, 2.45) is 10.7 Å². The Kier molecular flexibility index (Phi) is 5.53. The molecule has 0 atom stereocenters. The monoisotopic (exact) mass is 200 g/mol. The molecule has 4 nitrogen and oxygen atoms in total. The predicted octanol–water partition coefficient (Wildman–Crippen LogP) is 0.641. The Morgan fingerprint density at radius 1 is 1.36 bits per heavy atom. The maximum absolute atomic E-state index is 5.70. The molecular weight excluding hydrogens is 176 g/mol. The third kappa shape index (κ3) is 9.32. The van der Waals surface area contributed by atoms with Crippen LogP contribution in [0.4, 0.5) is 0 Å². The summed E-state index contributed by atoms with van der Waals surface area (Å²) in [5.74, 6) is 0.538. The number of guanidine groups is 1. The van der Waals surface area contributed by atoms with Gasteiger partial charge in [-0.15, -0.1) is 0 Å². The Bertz CT molecular complexity index is 179. The van der Waals surface area contributed by atoms with Crippen LogP contribution in [-0.4, -0.2) is 43.6 Å². The van der Waals surface area contributed by atoms with E-state index in [9.17, 15) is 0 Å². The van der Waals surface area contributed by atoms with Crippen LogP contribution in [-0.2, 0) is 0 Å². The zero-order chi connectivity index (χ0) is 11.2. The zero-order valence-electron chi connectivity index (χ0n) is 10.1. The van der Waals surface area contributed by atoms with E-state index < -0.39 is 0 Å². The topological polar surface area (TPSA) is 53.6 Å². The minimum Gasteiger partial charge on any atom is -0.370 e. The van der Waals surface area contributed by atoms with Crippen molar-refractivity contribution in [2.45, 2.75) is 32.7 Å². The highest BCUT2D eigenvalue weighted by Gasteiger charge is 2.09. The number of nitrogens with zero attached hydrogens (tertiary/aromatic N) is 2. The van der Waals surface area contributed by atoms with Crippen molar-refractivity contribution < 1.29 is 0 Å². The molecule has 0 heterocycles. The third-order valence-corrected chi connectivity index (χ3v) is 1.55. The molecule has 0 aliphatic heterocycles. The van der Waals surface area contributed by atoms with Crippen molar-refractivity contribution in [3.63, 3.8) is 0 Å². The van der Waals surface area contributed by atoms with Crippen LogP contribution in [0.1, 0.15) is 27.2 Å². The number of nitrogens with one attached hydrogen (secondary N) is 1. The lowest BCUT2D eigenvalue weighted by Crippen LogP contribution is -2.45. The van der Waals surface area contributed by atoms with E-state index >= 15 is 0 Å². The van der Waals surface area contributed by atoms with E-state index in [0.29, 0.717) is 5.96 Å². The van der Waals surface area contributed by atoms with E-state index in [4.69, 9.17) is 5.73 Å². The summed E-state index contributed by atoms with van der Waals surface area (Å²) >= 11 is 0. The number of aliphatic imine (C=N–C) groups is 1. The molecule has 0 saturated heterocycles. The minimum absolute atomic E-state index is 0.00483. The molecule has 0 rings (SSSR count). The maximum Gasteiger partial charge on any atom is 0.188 e. The smallest absolute Gasteiger partial charge is 0.188 e. The van der Waals surface area contributed by atoms with E-state index in [1.54, 1.807) is 0 Å². The van der Waals surface area contributed by atoms with Crippen molar-refractivity contribution in [1.29, 1.82) is 0 Å². The second kappa shape index (κ2) is 5.86. The quantitative estimate of drug-likeness (QED) is 0.398. The van der Waals surface area contributed by atoms with Gasteiger partial charge in [-0.05, 0) is 47.8 Å². The first-order chi connectivity index (χ1) is 6.31. The van der Waals surface area contributed by atoms with Crippen LogP contribution in [0.5, 0.6) is 0 Å². The van der Waals surface area contributed by atoms with E-state index in [1.165, 1.54) is 0 Å². The summed E-state index contributed by atoms with van der Waals surface area (Å²) in [4.78, 5) is 6.38. The highest BCUT2D eigenvalue weighted by Crippen LogP contribution is 1.97. The molecule has 84 valence electrons. The number of hydrogen-bond acceptors (Lipinski definition) is 2. The highest BCUT2D eigenvalue weighted by atomic mass is 15.1. The zero-order valence-corrected chi connectivity index (χ0v) is 10.1. The summed E-state index contributed by atoms with van der Waals surface area (Å²) < 4.78 is 0. The van der Waals surface area contributed by atoms with E-state index in [0.717, 1.165) is 19.5 Å². The van der Waals surface area contributed by atoms with Gasteiger partial charge in [0, 0.05) is 12.1 Å². The molecule has 0 aliphatic carbocycles. The first kappa shape index (κ1) is 13.2. The molecule has 0 bridgehead atoms. The fourth-order valence-electron chi connectivity index (χ4n) is 1.01.